The summed E-state index contributed by atoms with van der Waals surface area (Å²) in [6.07, 6.45) is 3.95. The molecule has 6 nitrogen and oxygen atoms in total. The van der Waals surface area contributed by atoms with Crippen LogP contribution in [-0.4, -0.2) is 39.5 Å². The Morgan fingerprint density at radius 3 is 1.60 bits per heavy atom. The van der Waals surface area contributed by atoms with E-state index in [0.717, 1.165) is 29.2 Å². The van der Waals surface area contributed by atoms with Gasteiger partial charge in [-0.1, -0.05) is 84.9 Å². The van der Waals surface area contributed by atoms with Crippen molar-refractivity contribution in [1.29, 1.82) is 0 Å². The number of benzene rings is 4. The largest absolute Gasteiger partial charge is 0.497 e. The first-order chi connectivity index (χ1) is 19.0. The van der Waals surface area contributed by atoms with E-state index in [-0.39, 0.29) is 20.4 Å². The standard InChI is InChI=1S/C26H22NOP.C6H8O4.Pd/c1-28-23-18-16-22(17-19-23)27-20-21-10-8-9-15-26(21)29(24-11-4-2-5-12-24)25-13-6-3-7-14-25;1-9-5(7)3-4-6(8)10-2;/h2-20H,1H3;3-4H,1-2H3;/b;4-3+;. The van der Waals surface area contributed by atoms with Crippen LogP contribution in [0.5, 0.6) is 5.75 Å². The Bertz CT molecular complexity index is 1340. The van der Waals surface area contributed by atoms with E-state index in [9.17, 15) is 9.59 Å². The van der Waals surface area contributed by atoms with Gasteiger partial charge >= 0.3 is 11.9 Å². The van der Waals surface area contributed by atoms with Gasteiger partial charge in [0.25, 0.3) is 0 Å². The third-order valence-electron chi connectivity index (χ3n) is 5.39. The van der Waals surface area contributed by atoms with E-state index >= 15 is 0 Å². The average molecular weight is 646 g/mol. The molecule has 0 bridgehead atoms. The van der Waals surface area contributed by atoms with Gasteiger partial charge in [0.05, 0.1) is 27.0 Å². The van der Waals surface area contributed by atoms with E-state index in [1.807, 2.05) is 30.5 Å². The summed E-state index contributed by atoms with van der Waals surface area (Å²) < 4.78 is 13.7. The Balaban J connectivity index is 0.000000439. The fraction of sp³-hybridized carbons (Fsp3) is 0.0938. The predicted octanol–water partition coefficient (Wildman–Crippen LogP) is 5.09. The molecular weight excluding hydrogens is 616 g/mol. The van der Waals surface area contributed by atoms with Crippen molar-refractivity contribution in [3.8, 4) is 5.75 Å². The maximum absolute atomic E-state index is 10.3. The van der Waals surface area contributed by atoms with Crippen LogP contribution in [0.1, 0.15) is 5.56 Å². The van der Waals surface area contributed by atoms with E-state index < -0.39 is 19.9 Å². The minimum atomic E-state index is -0.666. The summed E-state index contributed by atoms with van der Waals surface area (Å²) in [5.41, 5.74) is 2.05. The summed E-state index contributed by atoms with van der Waals surface area (Å²) in [5.74, 6) is -0.322. The fourth-order valence-corrected chi connectivity index (χ4v) is 5.89. The molecule has 4 aromatic rings. The van der Waals surface area contributed by atoms with Crippen LogP contribution in [0.4, 0.5) is 5.69 Å². The molecule has 0 fully saturated rings. The Labute approximate surface area is 250 Å². The number of rotatable bonds is 8. The number of methoxy groups -OCH3 is 3. The molecule has 0 amide bonds. The first-order valence-corrected chi connectivity index (χ1v) is 13.4. The molecule has 0 unspecified atom stereocenters. The van der Waals surface area contributed by atoms with Gasteiger partial charge < -0.3 is 14.2 Å². The van der Waals surface area contributed by atoms with Gasteiger partial charge in [-0.15, -0.1) is 0 Å². The number of hydrogen-bond acceptors (Lipinski definition) is 6. The molecule has 208 valence electrons. The quantitative estimate of drug-likeness (QED) is 0.0878. The number of aliphatic imine (C=N–C) groups is 1. The molecule has 0 saturated heterocycles. The van der Waals surface area contributed by atoms with Crippen molar-refractivity contribution in [2.45, 2.75) is 0 Å². The smallest absolute Gasteiger partial charge is 0.330 e. The molecule has 0 heterocycles. The summed E-state index contributed by atoms with van der Waals surface area (Å²) >= 11 is 0. The number of carbonyl (C=O) groups is 2. The third kappa shape index (κ3) is 10.0. The fourth-order valence-electron chi connectivity index (χ4n) is 3.47. The van der Waals surface area contributed by atoms with Crippen LogP contribution >= 0.6 is 7.92 Å². The zero-order chi connectivity index (χ0) is 27.9. The molecular formula is C32H30NO5PPd. The molecule has 4 aromatic carbocycles. The maximum atomic E-state index is 10.3. The number of esters is 2. The van der Waals surface area contributed by atoms with Crippen LogP contribution in [-0.2, 0) is 39.5 Å². The van der Waals surface area contributed by atoms with E-state index in [0.29, 0.717) is 0 Å². The van der Waals surface area contributed by atoms with Crippen molar-refractivity contribution in [1.82, 2.24) is 0 Å². The molecule has 0 aliphatic carbocycles. The van der Waals surface area contributed by atoms with Gasteiger partial charge in [-0.25, -0.2) is 9.59 Å². The van der Waals surface area contributed by atoms with Crippen molar-refractivity contribution < 1.29 is 44.2 Å². The second kappa shape index (κ2) is 17.7. The normalized spacial score (nSPS) is 10.4. The van der Waals surface area contributed by atoms with Crippen molar-refractivity contribution in [2.75, 3.05) is 21.3 Å². The van der Waals surface area contributed by atoms with Crippen LogP contribution in [0.25, 0.3) is 0 Å². The Morgan fingerprint density at radius 2 is 1.12 bits per heavy atom. The van der Waals surface area contributed by atoms with Gasteiger partial charge in [0.15, 0.2) is 0 Å². The Hall–Kier alpha value is -3.88. The summed E-state index contributed by atoms with van der Waals surface area (Å²) in [6.45, 7) is 0. The Kier molecular flexibility index (Phi) is 14.3. The Morgan fingerprint density at radius 1 is 0.650 bits per heavy atom. The zero-order valence-electron chi connectivity index (χ0n) is 22.4. The average Bonchev–Trinajstić information content (AvgIpc) is 3.01. The number of hydrogen-bond donors (Lipinski definition) is 0. The molecule has 0 atom stereocenters. The SMILES string of the molecule is COC(=O)/C=C/C(=O)OC.COc1ccc(N=Cc2ccccc2P(c2ccccc2)c2ccccc2)cc1.[Pd]. The predicted molar refractivity (Wildman–Crippen MR) is 159 cm³/mol. The summed E-state index contributed by atoms with van der Waals surface area (Å²) in [4.78, 5) is 25.3. The summed E-state index contributed by atoms with van der Waals surface area (Å²) in [5, 5.41) is 3.97. The molecule has 40 heavy (non-hydrogen) atoms. The van der Waals surface area contributed by atoms with Gasteiger partial charge in [0.2, 0.25) is 0 Å². The summed E-state index contributed by atoms with van der Waals surface area (Å²) in [6, 6.07) is 37.8. The van der Waals surface area contributed by atoms with Gasteiger partial charge in [-0.3, -0.25) is 4.99 Å². The second-order valence-corrected chi connectivity index (χ2v) is 10.1. The monoisotopic (exact) mass is 645 g/mol. The van der Waals surface area contributed by atoms with Gasteiger partial charge in [0.1, 0.15) is 5.75 Å². The van der Waals surface area contributed by atoms with Crippen molar-refractivity contribution in [3.05, 3.63) is 127 Å². The minimum absolute atomic E-state index is 0. The number of carbonyl (C=O) groups excluding carboxylic acids is 2. The van der Waals surface area contributed by atoms with Crippen molar-refractivity contribution in [2.24, 2.45) is 4.99 Å². The number of nitrogens with zero attached hydrogens (tertiary/aromatic N) is 1. The number of ether oxygens (including phenoxy) is 3. The maximum Gasteiger partial charge on any atom is 0.330 e. The topological polar surface area (TPSA) is 74.2 Å². The van der Waals surface area contributed by atoms with Crippen molar-refractivity contribution in [3.63, 3.8) is 0 Å². The molecule has 8 heteroatoms. The van der Waals surface area contributed by atoms with Crippen LogP contribution in [0.2, 0.25) is 0 Å². The second-order valence-electron chi connectivity index (χ2n) is 7.90. The van der Waals surface area contributed by atoms with Crippen LogP contribution < -0.4 is 20.7 Å². The third-order valence-corrected chi connectivity index (χ3v) is 7.91. The molecule has 0 N–H and O–H groups in total. The van der Waals surface area contributed by atoms with Crippen molar-refractivity contribution >= 4 is 47.7 Å². The van der Waals surface area contributed by atoms with Gasteiger partial charge in [0, 0.05) is 44.4 Å². The molecule has 0 aliphatic rings. The van der Waals surface area contributed by atoms with E-state index in [1.165, 1.54) is 30.1 Å². The van der Waals surface area contributed by atoms with Crippen LogP contribution in [0.15, 0.2) is 126 Å². The molecule has 4 rings (SSSR count). The molecule has 0 spiro atoms. The molecule has 0 saturated carbocycles. The minimum Gasteiger partial charge on any atom is -0.497 e. The summed E-state index contributed by atoms with van der Waals surface area (Å²) in [7, 11) is 3.46. The molecule has 0 aromatic heterocycles. The molecule has 0 radical (unpaired) electrons. The first kappa shape index (κ1) is 32.3. The zero-order valence-corrected chi connectivity index (χ0v) is 24.8. The first-order valence-electron chi connectivity index (χ1n) is 12.1. The van der Waals surface area contributed by atoms with Crippen LogP contribution in [0, 0.1) is 0 Å². The molecule has 0 aliphatic heterocycles. The van der Waals surface area contributed by atoms with E-state index in [2.05, 4.69) is 94.4 Å². The van der Waals surface area contributed by atoms with Crippen LogP contribution in [0.3, 0.4) is 0 Å². The van der Waals surface area contributed by atoms with E-state index in [1.54, 1.807) is 7.11 Å². The van der Waals surface area contributed by atoms with Gasteiger partial charge in [-0.05, 0) is 48.1 Å². The van der Waals surface area contributed by atoms with E-state index in [4.69, 9.17) is 9.73 Å². The van der Waals surface area contributed by atoms with Gasteiger partial charge in [-0.2, -0.15) is 0 Å².